The van der Waals surface area contributed by atoms with E-state index in [1.807, 2.05) is 6.92 Å². The molecule has 2 aromatic carbocycles. The number of carbonyl (C=O) groups is 1. The third-order valence-electron chi connectivity index (χ3n) is 4.47. The first-order chi connectivity index (χ1) is 13.4. The Morgan fingerprint density at radius 2 is 1.93 bits per heavy atom. The molecule has 3 aromatic rings. The summed E-state index contributed by atoms with van der Waals surface area (Å²) in [6.45, 7) is 3.99. The van der Waals surface area contributed by atoms with Crippen molar-refractivity contribution in [2.45, 2.75) is 26.3 Å². The van der Waals surface area contributed by atoms with E-state index in [4.69, 9.17) is 11.6 Å². The molecule has 1 N–H and O–H groups in total. The van der Waals surface area contributed by atoms with Gasteiger partial charge in [-0.15, -0.1) is 0 Å². The number of amides is 1. The number of fused-ring (bicyclic) bond motifs is 1. The lowest BCUT2D eigenvalue weighted by atomic mass is 10.2. The summed E-state index contributed by atoms with van der Waals surface area (Å²) >= 11 is 5.83. The highest BCUT2D eigenvalue weighted by molar-refractivity contribution is 6.30. The second-order valence-corrected chi connectivity index (χ2v) is 6.78. The third kappa shape index (κ3) is 3.45. The van der Waals surface area contributed by atoms with Crippen molar-refractivity contribution in [3.05, 3.63) is 74.1 Å². The average molecular weight is 404 g/mol. The number of nitrogens with one attached hydrogen (secondary N) is 1. The molecule has 0 saturated heterocycles. The summed E-state index contributed by atoms with van der Waals surface area (Å²) in [6.07, 6.45) is 0.752. The largest absolute Gasteiger partial charge is 0.354 e. The molecule has 0 radical (unpaired) electrons. The van der Waals surface area contributed by atoms with E-state index in [1.54, 1.807) is 31.2 Å². The predicted octanol–water partition coefficient (Wildman–Crippen LogP) is 3.03. The van der Waals surface area contributed by atoms with Crippen molar-refractivity contribution in [2.24, 2.45) is 0 Å². The number of carbonyl (C=O) groups excluding carboxylic acids is 1. The molecule has 1 amide bonds. The molecular formula is C20H19ClFN3O3. The number of benzene rings is 2. The maximum absolute atomic E-state index is 13.5. The Labute approximate surface area is 165 Å². The van der Waals surface area contributed by atoms with Gasteiger partial charge in [0.15, 0.2) is 0 Å². The number of rotatable bonds is 5. The van der Waals surface area contributed by atoms with Crippen molar-refractivity contribution in [3.63, 3.8) is 0 Å². The van der Waals surface area contributed by atoms with Gasteiger partial charge in [0.25, 0.3) is 5.56 Å². The molecule has 0 aliphatic rings. The molecule has 0 fully saturated rings. The van der Waals surface area contributed by atoms with Gasteiger partial charge in [-0.1, -0.05) is 30.7 Å². The van der Waals surface area contributed by atoms with Crippen LogP contribution in [-0.2, 0) is 4.79 Å². The fraction of sp³-hybridized carbons (Fsp3) is 0.250. The summed E-state index contributed by atoms with van der Waals surface area (Å²) in [7, 11) is 0. The van der Waals surface area contributed by atoms with Crippen LogP contribution in [-0.4, -0.2) is 21.6 Å². The van der Waals surface area contributed by atoms with Crippen molar-refractivity contribution in [2.75, 3.05) is 6.54 Å². The monoisotopic (exact) mass is 403 g/mol. The minimum Gasteiger partial charge on any atom is -0.354 e. The molecule has 0 saturated carbocycles. The zero-order valence-corrected chi connectivity index (χ0v) is 16.2. The number of para-hydroxylation sites is 1. The van der Waals surface area contributed by atoms with Gasteiger partial charge in [-0.05, 0) is 43.7 Å². The van der Waals surface area contributed by atoms with Crippen LogP contribution in [0.3, 0.4) is 0 Å². The lowest BCUT2D eigenvalue weighted by molar-refractivity contribution is -0.123. The smallest absolute Gasteiger partial charge is 0.336 e. The van der Waals surface area contributed by atoms with Gasteiger partial charge in [0.2, 0.25) is 5.91 Å². The average Bonchev–Trinajstić information content (AvgIpc) is 2.68. The molecule has 3 rings (SSSR count). The standard InChI is InChI=1S/C20H19ClFN3O3/c1-3-10-23-18(26)12(2)24-17-7-5-4-6-14(17)19(27)25(20(24)28)13-8-9-16(22)15(21)11-13/h4-9,11-12H,3,10H2,1-2H3,(H,23,26). The summed E-state index contributed by atoms with van der Waals surface area (Å²) in [4.78, 5) is 38.7. The fourth-order valence-electron chi connectivity index (χ4n) is 3.02. The Morgan fingerprint density at radius 1 is 1.21 bits per heavy atom. The Balaban J connectivity index is 2.32. The normalized spacial score (nSPS) is 12.1. The lowest BCUT2D eigenvalue weighted by Crippen LogP contribution is -2.43. The van der Waals surface area contributed by atoms with Crippen molar-refractivity contribution >= 4 is 28.4 Å². The Morgan fingerprint density at radius 3 is 2.61 bits per heavy atom. The molecule has 1 atom stereocenters. The third-order valence-corrected chi connectivity index (χ3v) is 4.76. The van der Waals surface area contributed by atoms with Gasteiger partial charge in [0, 0.05) is 6.54 Å². The molecule has 0 bridgehead atoms. The molecule has 1 aromatic heterocycles. The molecule has 28 heavy (non-hydrogen) atoms. The molecule has 0 spiro atoms. The minimum atomic E-state index is -0.855. The van der Waals surface area contributed by atoms with Crippen LogP contribution in [0, 0.1) is 5.82 Å². The molecule has 1 unspecified atom stereocenters. The van der Waals surface area contributed by atoms with Crippen LogP contribution in [0.25, 0.3) is 16.6 Å². The van der Waals surface area contributed by atoms with E-state index in [0.29, 0.717) is 12.1 Å². The van der Waals surface area contributed by atoms with E-state index in [0.717, 1.165) is 17.1 Å². The first-order valence-corrected chi connectivity index (χ1v) is 9.24. The highest BCUT2D eigenvalue weighted by Crippen LogP contribution is 2.19. The van der Waals surface area contributed by atoms with Crippen LogP contribution < -0.4 is 16.6 Å². The molecule has 0 aliphatic carbocycles. The predicted molar refractivity (Wildman–Crippen MR) is 107 cm³/mol. The molecular weight excluding hydrogens is 385 g/mol. The van der Waals surface area contributed by atoms with Crippen molar-refractivity contribution in [1.29, 1.82) is 0 Å². The summed E-state index contributed by atoms with van der Waals surface area (Å²) in [5, 5.41) is 2.81. The van der Waals surface area contributed by atoms with Crippen molar-refractivity contribution < 1.29 is 9.18 Å². The van der Waals surface area contributed by atoms with Crippen molar-refractivity contribution in [3.8, 4) is 5.69 Å². The second kappa shape index (κ2) is 7.98. The van der Waals surface area contributed by atoms with E-state index in [1.165, 1.54) is 16.7 Å². The van der Waals surface area contributed by atoms with Gasteiger partial charge in [-0.25, -0.2) is 13.8 Å². The van der Waals surface area contributed by atoms with Crippen LogP contribution in [0.2, 0.25) is 5.02 Å². The van der Waals surface area contributed by atoms with Gasteiger partial charge < -0.3 is 5.32 Å². The minimum absolute atomic E-state index is 0.127. The van der Waals surface area contributed by atoms with Crippen LogP contribution in [0.5, 0.6) is 0 Å². The van der Waals surface area contributed by atoms with Crippen molar-refractivity contribution in [1.82, 2.24) is 14.5 Å². The summed E-state index contributed by atoms with van der Waals surface area (Å²) in [6, 6.07) is 9.28. The van der Waals surface area contributed by atoms with Crippen LogP contribution in [0.4, 0.5) is 4.39 Å². The van der Waals surface area contributed by atoms with Gasteiger partial charge in [-0.2, -0.15) is 0 Å². The molecule has 6 nitrogen and oxygen atoms in total. The lowest BCUT2D eigenvalue weighted by Gasteiger charge is -2.19. The van der Waals surface area contributed by atoms with E-state index < -0.39 is 23.1 Å². The number of halogens is 2. The highest BCUT2D eigenvalue weighted by atomic mass is 35.5. The summed E-state index contributed by atoms with van der Waals surface area (Å²) in [5.41, 5.74) is -0.797. The van der Waals surface area contributed by atoms with Crippen LogP contribution in [0.1, 0.15) is 26.3 Å². The van der Waals surface area contributed by atoms with Crippen LogP contribution in [0.15, 0.2) is 52.1 Å². The SMILES string of the molecule is CCCNC(=O)C(C)n1c(=O)n(-c2ccc(F)c(Cl)c2)c(=O)c2ccccc21. The van der Waals surface area contributed by atoms with E-state index >= 15 is 0 Å². The van der Waals surface area contributed by atoms with Gasteiger partial charge in [0.05, 0.1) is 21.6 Å². The topological polar surface area (TPSA) is 73.1 Å². The zero-order valence-electron chi connectivity index (χ0n) is 15.4. The van der Waals surface area contributed by atoms with E-state index in [2.05, 4.69) is 5.32 Å². The maximum Gasteiger partial charge on any atom is 0.336 e. The summed E-state index contributed by atoms with van der Waals surface area (Å²) < 4.78 is 15.7. The van der Waals surface area contributed by atoms with E-state index in [9.17, 15) is 18.8 Å². The number of hydrogen-bond acceptors (Lipinski definition) is 3. The Bertz CT molecular complexity index is 1170. The molecule has 146 valence electrons. The van der Waals surface area contributed by atoms with E-state index in [-0.39, 0.29) is 22.0 Å². The fourth-order valence-corrected chi connectivity index (χ4v) is 3.20. The highest BCUT2D eigenvalue weighted by Gasteiger charge is 2.22. The number of nitrogens with zero attached hydrogens (tertiary/aromatic N) is 2. The number of aromatic nitrogens is 2. The van der Waals surface area contributed by atoms with Gasteiger partial charge in [0.1, 0.15) is 11.9 Å². The Hall–Kier alpha value is -2.93. The molecule has 0 aliphatic heterocycles. The quantitative estimate of drug-likeness (QED) is 0.711. The summed E-state index contributed by atoms with van der Waals surface area (Å²) in [5.74, 6) is -0.997. The second-order valence-electron chi connectivity index (χ2n) is 6.38. The molecule has 1 heterocycles. The first kappa shape index (κ1) is 19.8. The number of hydrogen-bond donors (Lipinski definition) is 1. The zero-order chi connectivity index (χ0) is 20.4. The van der Waals surface area contributed by atoms with Gasteiger partial charge >= 0.3 is 5.69 Å². The Kier molecular flexibility index (Phi) is 5.65. The van der Waals surface area contributed by atoms with Gasteiger partial charge in [-0.3, -0.25) is 14.2 Å². The van der Waals surface area contributed by atoms with Crippen LogP contribution >= 0.6 is 11.6 Å². The first-order valence-electron chi connectivity index (χ1n) is 8.86. The maximum atomic E-state index is 13.5. The molecule has 8 heteroatoms.